The molecule has 0 radical (unpaired) electrons. The van der Waals surface area contributed by atoms with E-state index in [0.29, 0.717) is 11.4 Å². The van der Waals surface area contributed by atoms with Gasteiger partial charge in [0.15, 0.2) is 5.78 Å². The lowest BCUT2D eigenvalue weighted by Crippen LogP contribution is -2.44. The third kappa shape index (κ3) is 4.19. The zero-order chi connectivity index (χ0) is 22.1. The minimum atomic E-state index is -0.0730. The maximum absolute atomic E-state index is 12.9. The van der Waals surface area contributed by atoms with E-state index in [9.17, 15) is 4.79 Å². The van der Waals surface area contributed by atoms with Gasteiger partial charge in [-0.2, -0.15) is 5.10 Å². The summed E-state index contributed by atoms with van der Waals surface area (Å²) in [5, 5.41) is 6.12. The van der Waals surface area contributed by atoms with Gasteiger partial charge in [-0.3, -0.25) is 19.4 Å². The lowest BCUT2D eigenvalue weighted by molar-refractivity contribution is 0.0987. The average molecular weight is 429 g/mol. The van der Waals surface area contributed by atoms with Crippen molar-refractivity contribution in [3.63, 3.8) is 0 Å². The number of aryl methyl sites for hydroxylation is 1. The van der Waals surface area contributed by atoms with Gasteiger partial charge in [-0.15, -0.1) is 0 Å². The van der Waals surface area contributed by atoms with E-state index in [-0.39, 0.29) is 12.2 Å². The second-order valence-electron chi connectivity index (χ2n) is 8.15. The van der Waals surface area contributed by atoms with Crippen LogP contribution >= 0.6 is 0 Å². The summed E-state index contributed by atoms with van der Waals surface area (Å²) >= 11 is 0. The number of carbonyl (C=O) groups excluding carboxylic acids is 1. The third-order valence-electron chi connectivity index (χ3n) is 5.77. The van der Waals surface area contributed by atoms with Crippen molar-refractivity contribution in [1.29, 1.82) is 0 Å². The maximum atomic E-state index is 12.9. The zero-order valence-corrected chi connectivity index (χ0v) is 18.1. The topological polar surface area (TPSA) is 92.9 Å². The molecule has 1 aliphatic rings. The predicted octanol–water partition coefficient (Wildman–Crippen LogP) is 2.00. The van der Waals surface area contributed by atoms with Crippen LogP contribution in [0.4, 0.5) is 5.82 Å². The van der Waals surface area contributed by atoms with Gasteiger partial charge in [0.1, 0.15) is 17.8 Å². The minimum Gasteiger partial charge on any atom is -0.354 e. The van der Waals surface area contributed by atoms with E-state index in [1.165, 1.54) is 6.33 Å². The molecule has 0 atom stereocenters. The van der Waals surface area contributed by atoms with E-state index in [0.717, 1.165) is 54.0 Å². The first-order valence-electron chi connectivity index (χ1n) is 10.6. The molecule has 0 amide bonds. The Morgan fingerprint density at radius 2 is 1.72 bits per heavy atom. The van der Waals surface area contributed by atoms with Crippen LogP contribution in [0.1, 0.15) is 16.2 Å². The molecule has 4 aromatic rings. The molecule has 0 unspecified atom stereocenters. The van der Waals surface area contributed by atoms with Gasteiger partial charge in [-0.1, -0.05) is 0 Å². The lowest BCUT2D eigenvalue weighted by Gasteiger charge is -2.33. The Morgan fingerprint density at radius 1 is 0.906 bits per heavy atom. The van der Waals surface area contributed by atoms with Gasteiger partial charge < -0.3 is 9.80 Å². The molecule has 9 heteroatoms. The van der Waals surface area contributed by atoms with Crippen molar-refractivity contribution in [3.8, 4) is 11.3 Å². The molecule has 162 valence electrons. The number of hydrogen-bond acceptors (Lipinski definition) is 8. The number of pyridine rings is 2. The normalized spacial score (nSPS) is 14.8. The second kappa shape index (κ2) is 8.43. The molecule has 1 aliphatic heterocycles. The van der Waals surface area contributed by atoms with Gasteiger partial charge in [0.05, 0.1) is 18.3 Å². The highest BCUT2D eigenvalue weighted by Gasteiger charge is 2.18. The minimum absolute atomic E-state index is 0.0730. The first-order valence-corrected chi connectivity index (χ1v) is 10.6. The molecule has 0 saturated carbocycles. The highest BCUT2D eigenvalue weighted by molar-refractivity contribution is 5.96. The van der Waals surface area contributed by atoms with Gasteiger partial charge in [-0.05, 0) is 24.6 Å². The summed E-state index contributed by atoms with van der Waals surface area (Å²) in [5.41, 5.74) is 2.90. The Labute approximate surface area is 185 Å². The van der Waals surface area contributed by atoms with Gasteiger partial charge in [0.25, 0.3) is 0 Å². The van der Waals surface area contributed by atoms with Crippen LogP contribution in [0.15, 0.2) is 49.3 Å². The maximum Gasteiger partial charge on any atom is 0.187 e. The summed E-state index contributed by atoms with van der Waals surface area (Å²) in [7, 11) is 3.99. The van der Waals surface area contributed by atoms with Crippen LogP contribution in [-0.2, 0) is 13.5 Å². The molecule has 0 bridgehead atoms. The van der Waals surface area contributed by atoms with E-state index in [2.05, 4.69) is 41.9 Å². The van der Waals surface area contributed by atoms with Crippen molar-refractivity contribution in [1.82, 2.24) is 34.6 Å². The number of anilines is 1. The smallest absolute Gasteiger partial charge is 0.187 e. The molecule has 1 fully saturated rings. The van der Waals surface area contributed by atoms with Crippen molar-refractivity contribution in [2.24, 2.45) is 7.05 Å². The number of carbonyl (C=O) groups is 1. The summed E-state index contributed by atoms with van der Waals surface area (Å²) in [5.74, 6) is 0.728. The number of likely N-dealkylation sites (N-methyl/N-ethyl adjacent to an activating group) is 1. The molecule has 0 aromatic carbocycles. The third-order valence-corrected chi connectivity index (χ3v) is 5.77. The molecule has 0 N–H and O–H groups in total. The largest absolute Gasteiger partial charge is 0.354 e. The van der Waals surface area contributed by atoms with Crippen LogP contribution in [-0.4, -0.2) is 73.6 Å². The number of piperazine rings is 1. The fourth-order valence-corrected chi connectivity index (χ4v) is 3.85. The van der Waals surface area contributed by atoms with Crippen molar-refractivity contribution < 1.29 is 4.79 Å². The molecular weight excluding hydrogens is 404 g/mol. The van der Waals surface area contributed by atoms with Gasteiger partial charge in [-0.25, -0.2) is 9.97 Å². The molecule has 9 nitrogen and oxygen atoms in total. The Hall–Kier alpha value is -3.72. The molecular formula is C23H24N8O. The first kappa shape index (κ1) is 20.2. The molecule has 32 heavy (non-hydrogen) atoms. The monoisotopic (exact) mass is 428 g/mol. The number of fused-ring (bicyclic) bond motifs is 1. The summed E-state index contributed by atoms with van der Waals surface area (Å²) in [6.07, 6.45) is 8.91. The fraction of sp³-hybridized carbons (Fsp3) is 0.304. The molecule has 4 aromatic heterocycles. The van der Waals surface area contributed by atoms with Crippen LogP contribution in [0.2, 0.25) is 0 Å². The quantitative estimate of drug-likeness (QED) is 0.446. The number of aromatic nitrogens is 6. The van der Waals surface area contributed by atoms with Crippen molar-refractivity contribution in [3.05, 3.63) is 60.7 Å². The van der Waals surface area contributed by atoms with E-state index < -0.39 is 0 Å². The van der Waals surface area contributed by atoms with Gasteiger partial charge in [0.2, 0.25) is 0 Å². The van der Waals surface area contributed by atoms with Gasteiger partial charge in [0, 0.05) is 74.5 Å². The number of Topliss-reactive ketones (excluding diaryl/α,β-unsaturated/α-hetero) is 1. The van der Waals surface area contributed by atoms with Crippen LogP contribution in [0.5, 0.6) is 0 Å². The number of hydrogen-bond donors (Lipinski definition) is 0. The molecule has 0 spiro atoms. The van der Waals surface area contributed by atoms with Crippen molar-refractivity contribution in [2.45, 2.75) is 6.42 Å². The molecule has 5 rings (SSSR count). The molecule has 5 heterocycles. The average Bonchev–Trinajstić information content (AvgIpc) is 3.25. The molecule has 1 saturated heterocycles. The Kier molecular flexibility index (Phi) is 5.32. The van der Waals surface area contributed by atoms with E-state index >= 15 is 0 Å². The Bertz CT molecular complexity index is 1280. The highest BCUT2D eigenvalue weighted by atomic mass is 16.1. The van der Waals surface area contributed by atoms with Crippen LogP contribution in [0.25, 0.3) is 22.0 Å². The Balaban J connectivity index is 1.36. The summed E-state index contributed by atoms with van der Waals surface area (Å²) in [4.78, 5) is 35.0. The SMILES string of the molecule is CN1CCN(c2cc(C(=O)Cc3cc4cc(-c5cnn(C)c5)ncc4cn3)ncn2)CC1. The Morgan fingerprint density at radius 3 is 2.50 bits per heavy atom. The van der Waals surface area contributed by atoms with Crippen LogP contribution in [0, 0.1) is 0 Å². The standard InChI is InChI=1S/C23H24N8O/c1-29-3-5-31(6-4-29)23-10-21(26-15-27-23)22(32)9-19-7-16-8-20(18-13-28-30(2)14-18)25-12-17(16)11-24-19/h7-8,10-15H,3-6,9H2,1-2H3. The van der Waals surface area contributed by atoms with E-state index in [1.807, 2.05) is 25.4 Å². The van der Waals surface area contributed by atoms with Gasteiger partial charge >= 0.3 is 0 Å². The predicted molar refractivity (Wildman–Crippen MR) is 122 cm³/mol. The first-order chi connectivity index (χ1) is 15.5. The van der Waals surface area contributed by atoms with Crippen molar-refractivity contribution >= 4 is 22.4 Å². The van der Waals surface area contributed by atoms with Crippen LogP contribution in [0.3, 0.4) is 0 Å². The van der Waals surface area contributed by atoms with Crippen molar-refractivity contribution in [2.75, 3.05) is 38.1 Å². The second-order valence-corrected chi connectivity index (χ2v) is 8.15. The highest BCUT2D eigenvalue weighted by Crippen LogP contribution is 2.22. The molecule has 0 aliphatic carbocycles. The van der Waals surface area contributed by atoms with E-state index in [1.54, 1.807) is 29.3 Å². The number of nitrogens with zero attached hydrogens (tertiary/aromatic N) is 8. The fourth-order valence-electron chi connectivity index (χ4n) is 3.85. The van der Waals surface area contributed by atoms with Crippen LogP contribution < -0.4 is 4.90 Å². The lowest BCUT2D eigenvalue weighted by atomic mass is 10.1. The summed E-state index contributed by atoms with van der Waals surface area (Å²) < 4.78 is 1.75. The summed E-state index contributed by atoms with van der Waals surface area (Å²) in [6, 6.07) is 5.73. The zero-order valence-electron chi connectivity index (χ0n) is 18.1. The summed E-state index contributed by atoms with van der Waals surface area (Å²) in [6.45, 7) is 3.73. The number of ketones is 1. The number of rotatable bonds is 5. The van der Waals surface area contributed by atoms with E-state index in [4.69, 9.17) is 0 Å².